The molecule has 4 N–H and O–H groups in total. The Kier molecular flexibility index (Phi) is 4.85. The standard InChI is InChI=1S/C10H15N5O3/c1-2-15(6-5-8(11)14-18)10(17)7-3-4-9(16)13-12-7/h3-4,18H,2,5-6H2,1H3,(H2,11,14)(H,13,16). The highest BCUT2D eigenvalue weighted by molar-refractivity contribution is 5.92. The van der Waals surface area contributed by atoms with E-state index in [-0.39, 0.29) is 29.4 Å². The van der Waals surface area contributed by atoms with E-state index in [1.165, 1.54) is 17.0 Å². The van der Waals surface area contributed by atoms with Crippen molar-refractivity contribution in [2.45, 2.75) is 13.3 Å². The molecule has 1 aromatic rings. The van der Waals surface area contributed by atoms with E-state index in [9.17, 15) is 9.59 Å². The molecule has 0 saturated carbocycles. The van der Waals surface area contributed by atoms with Crippen molar-refractivity contribution in [3.05, 3.63) is 28.2 Å². The van der Waals surface area contributed by atoms with E-state index >= 15 is 0 Å². The van der Waals surface area contributed by atoms with Crippen molar-refractivity contribution in [2.24, 2.45) is 10.9 Å². The molecule has 0 aliphatic heterocycles. The molecule has 0 aliphatic carbocycles. The van der Waals surface area contributed by atoms with Crippen molar-refractivity contribution < 1.29 is 10.0 Å². The molecule has 0 saturated heterocycles. The van der Waals surface area contributed by atoms with Gasteiger partial charge in [0, 0.05) is 25.6 Å². The summed E-state index contributed by atoms with van der Waals surface area (Å²) >= 11 is 0. The topological polar surface area (TPSA) is 125 Å². The van der Waals surface area contributed by atoms with E-state index < -0.39 is 0 Å². The van der Waals surface area contributed by atoms with Gasteiger partial charge in [0.25, 0.3) is 11.5 Å². The molecule has 8 heteroatoms. The van der Waals surface area contributed by atoms with Gasteiger partial charge < -0.3 is 15.8 Å². The maximum absolute atomic E-state index is 12.0. The first-order chi connectivity index (χ1) is 8.58. The molecule has 98 valence electrons. The number of amides is 1. The molecular formula is C10H15N5O3. The van der Waals surface area contributed by atoms with Gasteiger partial charge in [0.15, 0.2) is 0 Å². The van der Waals surface area contributed by atoms with Gasteiger partial charge in [0.1, 0.15) is 11.5 Å². The lowest BCUT2D eigenvalue weighted by Crippen LogP contribution is -2.34. The van der Waals surface area contributed by atoms with E-state index in [0.717, 1.165) is 0 Å². The minimum atomic E-state index is -0.369. The first kappa shape index (κ1) is 13.7. The Morgan fingerprint density at radius 2 is 2.33 bits per heavy atom. The lowest BCUT2D eigenvalue weighted by Gasteiger charge is -2.19. The molecule has 1 rings (SSSR count). The molecular weight excluding hydrogens is 238 g/mol. The van der Waals surface area contributed by atoms with Crippen molar-refractivity contribution in [3.8, 4) is 0 Å². The highest BCUT2D eigenvalue weighted by Crippen LogP contribution is 2.00. The van der Waals surface area contributed by atoms with E-state index in [1.807, 2.05) is 0 Å². The fourth-order valence-corrected chi connectivity index (χ4v) is 1.33. The van der Waals surface area contributed by atoms with Crippen LogP contribution >= 0.6 is 0 Å². The number of H-pyrrole nitrogens is 1. The second-order valence-corrected chi connectivity index (χ2v) is 3.53. The number of nitrogens with two attached hydrogens (primary N) is 1. The van der Waals surface area contributed by atoms with Gasteiger partial charge in [-0.3, -0.25) is 9.59 Å². The number of aromatic nitrogens is 2. The molecule has 0 radical (unpaired) electrons. The summed E-state index contributed by atoms with van der Waals surface area (Å²) in [7, 11) is 0. The lowest BCUT2D eigenvalue weighted by atomic mass is 10.3. The molecule has 0 atom stereocenters. The number of oxime groups is 1. The number of amidine groups is 1. The zero-order chi connectivity index (χ0) is 13.5. The van der Waals surface area contributed by atoms with E-state index in [4.69, 9.17) is 10.9 Å². The second kappa shape index (κ2) is 6.38. The molecule has 1 amide bonds. The maximum Gasteiger partial charge on any atom is 0.274 e. The first-order valence-corrected chi connectivity index (χ1v) is 5.40. The number of rotatable bonds is 5. The number of carbonyl (C=O) groups excluding carboxylic acids is 1. The zero-order valence-electron chi connectivity index (χ0n) is 9.96. The summed E-state index contributed by atoms with van der Waals surface area (Å²) in [4.78, 5) is 24.3. The summed E-state index contributed by atoms with van der Waals surface area (Å²) in [5.41, 5.74) is 5.11. The number of carbonyl (C=O) groups is 1. The van der Waals surface area contributed by atoms with Crippen LogP contribution in [0.4, 0.5) is 0 Å². The zero-order valence-corrected chi connectivity index (χ0v) is 9.96. The van der Waals surface area contributed by atoms with Crippen molar-refractivity contribution >= 4 is 11.7 Å². The summed E-state index contributed by atoms with van der Waals surface area (Å²) in [5, 5.41) is 17.1. The van der Waals surface area contributed by atoms with Gasteiger partial charge >= 0.3 is 0 Å². The molecule has 0 bridgehead atoms. The lowest BCUT2D eigenvalue weighted by molar-refractivity contribution is 0.0761. The molecule has 8 nitrogen and oxygen atoms in total. The van der Waals surface area contributed by atoms with Crippen LogP contribution < -0.4 is 11.3 Å². The van der Waals surface area contributed by atoms with Crippen LogP contribution in [0, 0.1) is 0 Å². The second-order valence-electron chi connectivity index (χ2n) is 3.53. The van der Waals surface area contributed by atoms with Crippen molar-refractivity contribution in [1.82, 2.24) is 15.1 Å². The van der Waals surface area contributed by atoms with E-state index in [1.54, 1.807) is 6.92 Å². The van der Waals surface area contributed by atoms with Gasteiger partial charge in [0.05, 0.1) is 0 Å². The number of hydrogen-bond donors (Lipinski definition) is 3. The Morgan fingerprint density at radius 1 is 1.61 bits per heavy atom. The van der Waals surface area contributed by atoms with Gasteiger partial charge in [-0.2, -0.15) is 5.10 Å². The molecule has 0 unspecified atom stereocenters. The first-order valence-electron chi connectivity index (χ1n) is 5.40. The summed E-state index contributed by atoms with van der Waals surface area (Å²) in [5.74, 6) is -0.268. The summed E-state index contributed by atoms with van der Waals surface area (Å²) < 4.78 is 0. The fraction of sp³-hybridized carbons (Fsp3) is 0.400. The summed E-state index contributed by atoms with van der Waals surface area (Å²) in [6.07, 6.45) is 0.263. The van der Waals surface area contributed by atoms with Crippen LogP contribution in [0.15, 0.2) is 22.1 Å². The Bertz CT molecular complexity index is 476. The third kappa shape index (κ3) is 3.58. The molecule has 0 aliphatic rings. The van der Waals surface area contributed by atoms with E-state index in [0.29, 0.717) is 13.1 Å². The van der Waals surface area contributed by atoms with Crippen LogP contribution in [0.5, 0.6) is 0 Å². The molecule has 1 aromatic heterocycles. The van der Waals surface area contributed by atoms with Gasteiger partial charge in [0.2, 0.25) is 0 Å². The Labute approximate surface area is 103 Å². The van der Waals surface area contributed by atoms with E-state index in [2.05, 4.69) is 15.4 Å². The van der Waals surface area contributed by atoms with Crippen LogP contribution in [0.1, 0.15) is 23.8 Å². The number of nitrogens with one attached hydrogen (secondary N) is 1. The number of aromatic amines is 1. The normalized spacial score (nSPS) is 11.3. The fourth-order valence-electron chi connectivity index (χ4n) is 1.33. The smallest absolute Gasteiger partial charge is 0.274 e. The quantitative estimate of drug-likeness (QED) is 0.279. The van der Waals surface area contributed by atoms with Gasteiger partial charge in [-0.1, -0.05) is 5.16 Å². The van der Waals surface area contributed by atoms with Crippen LogP contribution in [-0.4, -0.2) is 45.1 Å². The number of hydrogen-bond acceptors (Lipinski definition) is 5. The summed E-state index contributed by atoms with van der Waals surface area (Å²) in [6, 6.07) is 2.59. The number of nitrogens with zero attached hydrogens (tertiary/aromatic N) is 3. The van der Waals surface area contributed by atoms with Crippen LogP contribution in [0.25, 0.3) is 0 Å². The summed E-state index contributed by atoms with van der Waals surface area (Å²) in [6.45, 7) is 2.57. The highest BCUT2D eigenvalue weighted by atomic mass is 16.4. The molecule has 0 fully saturated rings. The van der Waals surface area contributed by atoms with Crippen molar-refractivity contribution in [2.75, 3.05) is 13.1 Å². The largest absolute Gasteiger partial charge is 0.409 e. The Morgan fingerprint density at radius 3 is 2.83 bits per heavy atom. The minimum absolute atomic E-state index is 0.0516. The van der Waals surface area contributed by atoms with Crippen LogP contribution in [-0.2, 0) is 0 Å². The van der Waals surface area contributed by atoms with Crippen molar-refractivity contribution in [3.63, 3.8) is 0 Å². The predicted octanol–water partition coefficient (Wildman–Crippen LogP) is -0.632. The molecule has 18 heavy (non-hydrogen) atoms. The molecule has 0 aromatic carbocycles. The molecule has 1 heterocycles. The van der Waals surface area contributed by atoms with Gasteiger partial charge in [-0.05, 0) is 13.0 Å². The Balaban J connectivity index is 2.73. The SMILES string of the molecule is CCN(CC/C(N)=N/O)C(=O)c1ccc(=O)[nH]n1. The van der Waals surface area contributed by atoms with Crippen molar-refractivity contribution in [1.29, 1.82) is 0 Å². The average Bonchev–Trinajstić information content (AvgIpc) is 2.39. The predicted molar refractivity (Wildman–Crippen MR) is 64.5 cm³/mol. The van der Waals surface area contributed by atoms with Crippen LogP contribution in [0.3, 0.4) is 0 Å². The molecule has 0 spiro atoms. The monoisotopic (exact) mass is 253 g/mol. The average molecular weight is 253 g/mol. The maximum atomic E-state index is 12.0. The van der Waals surface area contributed by atoms with Gasteiger partial charge in [-0.25, -0.2) is 5.10 Å². The van der Waals surface area contributed by atoms with Gasteiger partial charge in [-0.15, -0.1) is 0 Å². The Hall–Kier alpha value is -2.38. The highest BCUT2D eigenvalue weighted by Gasteiger charge is 2.15. The third-order valence-corrected chi connectivity index (χ3v) is 2.33. The third-order valence-electron chi connectivity index (χ3n) is 2.33. The minimum Gasteiger partial charge on any atom is -0.409 e. The van der Waals surface area contributed by atoms with Crippen LogP contribution in [0.2, 0.25) is 0 Å².